The summed E-state index contributed by atoms with van der Waals surface area (Å²) in [7, 11) is 1.86. The Balaban J connectivity index is 1.29. The first-order valence-corrected chi connectivity index (χ1v) is 12.5. The summed E-state index contributed by atoms with van der Waals surface area (Å²) in [6.45, 7) is 4.16. The highest BCUT2D eigenvalue weighted by Crippen LogP contribution is 2.40. The van der Waals surface area contributed by atoms with Crippen LogP contribution < -0.4 is 4.90 Å². The molecule has 2 amide bonds. The molecule has 2 unspecified atom stereocenters. The van der Waals surface area contributed by atoms with Crippen LogP contribution in [0.25, 0.3) is 0 Å². The van der Waals surface area contributed by atoms with Crippen LogP contribution in [0.2, 0.25) is 5.02 Å². The molecule has 5 rings (SSSR count). The van der Waals surface area contributed by atoms with Gasteiger partial charge in [-0.3, -0.25) is 14.4 Å². The predicted octanol–water partition coefficient (Wildman–Crippen LogP) is 3.91. The number of likely N-dealkylation sites (tertiary alicyclic amines) is 1. The number of nitrogens with zero attached hydrogens (tertiary/aromatic N) is 3. The summed E-state index contributed by atoms with van der Waals surface area (Å²) in [4.78, 5) is 44.3. The Morgan fingerprint density at radius 1 is 1.06 bits per heavy atom. The van der Waals surface area contributed by atoms with E-state index in [4.69, 9.17) is 11.6 Å². The summed E-state index contributed by atoms with van der Waals surface area (Å²) in [5, 5.41) is 0.355. The van der Waals surface area contributed by atoms with Crippen LogP contribution in [0.3, 0.4) is 0 Å². The molecule has 2 fully saturated rings. The maximum Gasteiger partial charge on any atom is 0.291 e. The van der Waals surface area contributed by atoms with Crippen molar-refractivity contribution in [1.29, 1.82) is 0 Å². The van der Waals surface area contributed by atoms with Crippen LogP contribution in [-0.4, -0.2) is 66.7 Å². The Morgan fingerprint density at radius 3 is 2.34 bits per heavy atom. The van der Waals surface area contributed by atoms with Crippen molar-refractivity contribution in [2.75, 3.05) is 38.1 Å². The van der Waals surface area contributed by atoms with Gasteiger partial charge in [-0.25, -0.2) is 4.39 Å². The van der Waals surface area contributed by atoms with Crippen LogP contribution in [-0.2, 0) is 16.0 Å². The first-order chi connectivity index (χ1) is 16.7. The largest absolute Gasteiger partial charge is 0.373 e. The summed E-state index contributed by atoms with van der Waals surface area (Å²) < 4.78 is 13.2. The van der Waals surface area contributed by atoms with Crippen molar-refractivity contribution < 1.29 is 18.8 Å². The van der Waals surface area contributed by atoms with Gasteiger partial charge in [-0.15, -0.1) is 0 Å². The Kier molecular flexibility index (Phi) is 6.30. The maximum atomic E-state index is 13.4. The van der Waals surface area contributed by atoms with Crippen LogP contribution >= 0.6 is 11.6 Å². The zero-order chi connectivity index (χ0) is 24.9. The number of anilines is 1. The molecule has 3 aliphatic rings. The number of hydrogen-bond donors (Lipinski definition) is 0. The van der Waals surface area contributed by atoms with Crippen molar-refractivity contribution >= 4 is 34.9 Å². The average molecular weight is 498 g/mol. The highest BCUT2D eigenvalue weighted by molar-refractivity contribution is 6.39. The highest BCUT2D eigenvalue weighted by Gasteiger charge is 2.43. The molecule has 3 heterocycles. The van der Waals surface area contributed by atoms with Gasteiger partial charge in [0.25, 0.3) is 11.8 Å². The fourth-order valence-corrected chi connectivity index (χ4v) is 5.56. The molecule has 0 N–H and O–H groups in total. The Bertz CT molecular complexity index is 1180. The van der Waals surface area contributed by atoms with Crippen LogP contribution in [0, 0.1) is 11.7 Å². The maximum absolute atomic E-state index is 13.4. The average Bonchev–Trinajstić information content (AvgIpc) is 3.50. The zero-order valence-electron chi connectivity index (χ0n) is 20.0. The molecule has 2 aromatic rings. The summed E-state index contributed by atoms with van der Waals surface area (Å²) in [6.07, 6.45) is 2.58. The number of rotatable bonds is 5. The summed E-state index contributed by atoms with van der Waals surface area (Å²) in [6, 6.07) is 10.2. The van der Waals surface area contributed by atoms with E-state index in [0.29, 0.717) is 48.2 Å². The molecule has 0 radical (unpaired) electrons. The molecule has 3 aliphatic heterocycles. The second-order valence-electron chi connectivity index (χ2n) is 10.1. The standard InChI is InChI=1S/C27H29ClFN3O3/c1-16-14-32(16)27(35)25(33)22-15-30(2)24-13-23(28)21(12-20(22)24)26(34)31-9-7-18(8-10-31)11-17-3-5-19(29)6-4-17/h3-6,12-13,16,18,22H,7-11,14-15H2,1-2H3. The van der Waals surface area contributed by atoms with Crippen molar-refractivity contribution in [3.63, 3.8) is 0 Å². The lowest BCUT2D eigenvalue weighted by Crippen LogP contribution is -2.39. The summed E-state index contributed by atoms with van der Waals surface area (Å²) in [5.74, 6) is -1.43. The van der Waals surface area contributed by atoms with Gasteiger partial charge in [-0.05, 0) is 67.5 Å². The van der Waals surface area contributed by atoms with E-state index in [1.54, 1.807) is 17.0 Å². The molecule has 0 aromatic heterocycles. The lowest BCUT2D eigenvalue weighted by molar-refractivity contribution is -0.141. The number of amides is 2. The number of hydrogen-bond acceptors (Lipinski definition) is 4. The number of piperidine rings is 1. The van der Waals surface area contributed by atoms with Crippen LogP contribution in [0.1, 0.15) is 47.2 Å². The zero-order valence-corrected chi connectivity index (χ0v) is 20.7. The Hall–Kier alpha value is -2.93. The van der Waals surface area contributed by atoms with E-state index in [1.165, 1.54) is 12.1 Å². The molecule has 2 atom stereocenters. The van der Waals surface area contributed by atoms with E-state index in [0.717, 1.165) is 30.5 Å². The number of carbonyl (C=O) groups excluding carboxylic acids is 3. The minimum atomic E-state index is -0.597. The van der Waals surface area contributed by atoms with Crippen molar-refractivity contribution in [1.82, 2.24) is 9.80 Å². The van der Waals surface area contributed by atoms with Crippen LogP contribution in [0.4, 0.5) is 10.1 Å². The number of benzene rings is 2. The van der Waals surface area contributed by atoms with Gasteiger partial charge in [0.1, 0.15) is 5.82 Å². The molecule has 8 heteroatoms. The van der Waals surface area contributed by atoms with E-state index in [2.05, 4.69) is 0 Å². The van der Waals surface area contributed by atoms with E-state index < -0.39 is 17.6 Å². The molecular formula is C27H29ClFN3O3. The number of ketones is 1. The molecule has 2 saturated heterocycles. The molecule has 2 aromatic carbocycles. The van der Waals surface area contributed by atoms with E-state index in [1.807, 2.05) is 35.9 Å². The van der Waals surface area contributed by atoms with Gasteiger partial charge in [0.05, 0.1) is 16.5 Å². The molecule has 0 bridgehead atoms. The number of fused-ring (bicyclic) bond motifs is 1. The van der Waals surface area contributed by atoms with Crippen molar-refractivity contribution in [3.8, 4) is 0 Å². The first kappa shape index (κ1) is 23.8. The highest BCUT2D eigenvalue weighted by atomic mass is 35.5. The van der Waals surface area contributed by atoms with Gasteiger partial charge in [0.15, 0.2) is 0 Å². The van der Waals surface area contributed by atoms with Crippen molar-refractivity contribution in [2.45, 2.75) is 38.1 Å². The lowest BCUT2D eigenvalue weighted by atomic mass is 9.89. The summed E-state index contributed by atoms with van der Waals surface area (Å²) >= 11 is 6.54. The third-order valence-corrected chi connectivity index (χ3v) is 7.89. The molecule has 6 nitrogen and oxygen atoms in total. The quantitative estimate of drug-likeness (QED) is 0.464. The van der Waals surface area contributed by atoms with Crippen molar-refractivity contribution in [3.05, 3.63) is 63.9 Å². The Morgan fingerprint density at radius 2 is 1.71 bits per heavy atom. The topological polar surface area (TPSA) is 60.7 Å². The molecule has 35 heavy (non-hydrogen) atoms. The fraction of sp³-hybridized carbons (Fsp3) is 0.444. The van der Waals surface area contributed by atoms with E-state index in [-0.39, 0.29) is 17.8 Å². The summed E-state index contributed by atoms with van der Waals surface area (Å²) in [5.41, 5.74) is 2.96. The number of Topliss-reactive ketones (excluding diaryl/α,β-unsaturated/α-hetero) is 1. The normalized spacial score (nSPS) is 21.8. The lowest BCUT2D eigenvalue weighted by Gasteiger charge is -2.32. The van der Waals surface area contributed by atoms with E-state index >= 15 is 0 Å². The molecule has 0 saturated carbocycles. The first-order valence-electron chi connectivity index (χ1n) is 12.2. The smallest absolute Gasteiger partial charge is 0.291 e. The van der Waals surface area contributed by atoms with Crippen LogP contribution in [0.15, 0.2) is 36.4 Å². The molecule has 0 spiro atoms. The van der Waals surface area contributed by atoms with Gasteiger partial charge in [-0.1, -0.05) is 23.7 Å². The van der Waals surface area contributed by atoms with Crippen LogP contribution in [0.5, 0.6) is 0 Å². The molecular weight excluding hydrogens is 469 g/mol. The minimum absolute atomic E-state index is 0.110. The Labute approximate surface area is 209 Å². The third kappa shape index (κ3) is 4.66. The second kappa shape index (κ2) is 9.26. The fourth-order valence-electron chi connectivity index (χ4n) is 5.32. The number of likely N-dealkylation sites (N-methyl/N-ethyl adjacent to an activating group) is 1. The molecule has 0 aliphatic carbocycles. The second-order valence-corrected chi connectivity index (χ2v) is 10.5. The van der Waals surface area contributed by atoms with Gasteiger partial charge in [0.2, 0.25) is 5.78 Å². The van der Waals surface area contributed by atoms with Gasteiger partial charge in [-0.2, -0.15) is 0 Å². The van der Waals surface area contributed by atoms with Gasteiger partial charge >= 0.3 is 0 Å². The van der Waals surface area contributed by atoms with Gasteiger partial charge < -0.3 is 14.7 Å². The predicted molar refractivity (Wildman–Crippen MR) is 132 cm³/mol. The third-order valence-electron chi connectivity index (χ3n) is 7.58. The SMILES string of the molecule is CC1CN1C(=O)C(=O)C1CN(C)c2cc(Cl)c(C(=O)N3CCC(Cc4ccc(F)cc4)CC3)cc21. The van der Waals surface area contributed by atoms with Crippen molar-refractivity contribution in [2.24, 2.45) is 5.92 Å². The van der Waals surface area contributed by atoms with E-state index in [9.17, 15) is 18.8 Å². The minimum Gasteiger partial charge on any atom is -0.373 e. The monoisotopic (exact) mass is 497 g/mol. The number of carbonyl (C=O) groups is 3. The molecule has 184 valence electrons. The number of halogens is 2. The van der Waals surface area contributed by atoms with Gasteiger partial charge in [0, 0.05) is 45.0 Å².